The second-order valence-electron chi connectivity index (χ2n) is 4.41. The molecule has 0 amide bonds. The minimum absolute atomic E-state index is 0.00246. The molecule has 2 N–H and O–H groups in total. The first-order valence-corrected chi connectivity index (χ1v) is 6.15. The third kappa shape index (κ3) is 2.78. The van der Waals surface area contributed by atoms with E-state index in [4.69, 9.17) is 5.11 Å². The Labute approximate surface area is 117 Å². The minimum Gasteiger partial charge on any atom is -0.481 e. The second kappa shape index (κ2) is 5.15. The van der Waals surface area contributed by atoms with Crippen LogP contribution in [0.15, 0.2) is 23.4 Å². The zero-order valence-electron chi connectivity index (χ0n) is 10.8. The van der Waals surface area contributed by atoms with Gasteiger partial charge in [-0.05, 0) is 0 Å². The maximum Gasteiger partial charge on any atom is 0.303 e. The molecule has 0 aliphatic rings. The van der Waals surface area contributed by atoms with Crippen molar-refractivity contribution >= 4 is 11.7 Å². The van der Waals surface area contributed by atoms with E-state index in [1.165, 1.54) is 21.6 Å². The predicted molar refractivity (Wildman–Crippen MR) is 68.7 cm³/mol. The van der Waals surface area contributed by atoms with Gasteiger partial charge in [0.25, 0.3) is 11.3 Å². The molecule has 0 aliphatic heterocycles. The van der Waals surface area contributed by atoms with Crippen LogP contribution in [0.3, 0.4) is 0 Å². The maximum absolute atomic E-state index is 11.8. The number of carbonyl (C=O) groups is 1. The summed E-state index contributed by atoms with van der Waals surface area (Å²) >= 11 is 0. The fourth-order valence-corrected chi connectivity index (χ4v) is 1.88. The molecule has 0 aromatic carbocycles. The molecule has 10 nitrogen and oxygen atoms in total. The van der Waals surface area contributed by atoms with Gasteiger partial charge in [-0.3, -0.25) is 14.7 Å². The first kappa shape index (κ1) is 13.0. The number of nitrogens with one attached hydrogen (secondary N) is 1. The molecule has 0 spiro atoms. The summed E-state index contributed by atoms with van der Waals surface area (Å²) in [7, 11) is 0. The van der Waals surface area contributed by atoms with Gasteiger partial charge in [-0.1, -0.05) is 5.21 Å². The predicted octanol–water partition coefficient (Wildman–Crippen LogP) is -0.925. The number of nitrogens with zero attached hydrogens (tertiary/aromatic N) is 6. The van der Waals surface area contributed by atoms with Crippen molar-refractivity contribution in [1.82, 2.24) is 34.6 Å². The highest BCUT2D eigenvalue weighted by molar-refractivity contribution is 5.66. The summed E-state index contributed by atoms with van der Waals surface area (Å²) in [6.45, 7) is 0.263. The van der Waals surface area contributed by atoms with Gasteiger partial charge in [0.1, 0.15) is 6.33 Å². The molecule has 0 unspecified atom stereocenters. The number of aromatic amines is 1. The zero-order chi connectivity index (χ0) is 14.8. The largest absolute Gasteiger partial charge is 0.481 e. The Morgan fingerprint density at radius 2 is 2.24 bits per heavy atom. The van der Waals surface area contributed by atoms with E-state index < -0.39 is 5.97 Å². The summed E-state index contributed by atoms with van der Waals surface area (Å²) < 4.78 is 2.73. The van der Waals surface area contributed by atoms with E-state index in [-0.39, 0.29) is 24.3 Å². The molecule has 0 saturated heterocycles. The van der Waals surface area contributed by atoms with Gasteiger partial charge in [-0.25, -0.2) is 14.6 Å². The van der Waals surface area contributed by atoms with Crippen molar-refractivity contribution in [3.05, 3.63) is 40.3 Å². The van der Waals surface area contributed by atoms with Gasteiger partial charge < -0.3 is 5.11 Å². The Morgan fingerprint density at radius 1 is 1.38 bits per heavy atom. The highest BCUT2D eigenvalue weighted by atomic mass is 16.4. The van der Waals surface area contributed by atoms with Crippen molar-refractivity contribution in [3.8, 4) is 0 Å². The fourth-order valence-electron chi connectivity index (χ4n) is 1.88. The van der Waals surface area contributed by atoms with Gasteiger partial charge in [0.2, 0.25) is 0 Å². The van der Waals surface area contributed by atoms with Crippen molar-refractivity contribution in [2.75, 3.05) is 0 Å². The van der Waals surface area contributed by atoms with Crippen LogP contribution in [0.4, 0.5) is 0 Å². The number of rotatable bonds is 5. The number of aliphatic carboxylic acids is 1. The fraction of sp³-hybridized carbons (Fsp3) is 0.273. The highest BCUT2D eigenvalue weighted by Crippen LogP contribution is 2.01. The van der Waals surface area contributed by atoms with Crippen LogP contribution < -0.4 is 5.56 Å². The standard InChI is InChI=1S/C11H11N7O3/c19-9-3-8(14-11-12-6-13-18(9)11)5-17-4-7(15-16-17)1-2-10(20)21/h3-4,6H,1-2,5H2,(H,20,21)(H,12,13,14). The van der Waals surface area contributed by atoms with Crippen molar-refractivity contribution in [2.45, 2.75) is 19.4 Å². The summed E-state index contributed by atoms with van der Waals surface area (Å²) in [4.78, 5) is 30.4. The van der Waals surface area contributed by atoms with Gasteiger partial charge in [0.15, 0.2) is 0 Å². The van der Waals surface area contributed by atoms with Crippen molar-refractivity contribution in [2.24, 2.45) is 0 Å². The highest BCUT2D eigenvalue weighted by Gasteiger charge is 2.07. The molecule has 10 heteroatoms. The van der Waals surface area contributed by atoms with Crippen LogP contribution in [0.25, 0.3) is 5.78 Å². The Morgan fingerprint density at radius 3 is 3.05 bits per heavy atom. The van der Waals surface area contributed by atoms with Crippen molar-refractivity contribution < 1.29 is 9.90 Å². The molecular formula is C11H11N7O3. The average molecular weight is 289 g/mol. The van der Waals surface area contributed by atoms with E-state index in [0.717, 1.165) is 0 Å². The Kier molecular flexibility index (Phi) is 3.18. The monoisotopic (exact) mass is 289 g/mol. The average Bonchev–Trinajstić information content (AvgIpc) is 3.05. The van der Waals surface area contributed by atoms with Gasteiger partial charge >= 0.3 is 5.97 Å². The molecular weight excluding hydrogens is 278 g/mol. The summed E-state index contributed by atoms with van der Waals surface area (Å²) in [6, 6.07) is 1.38. The summed E-state index contributed by atoms with van der Waals surface area (Å²) in [6.07, 6.45) is 3.32. The van der Waals surface area contributed by atoms with Gasteiger partial charge in [-0.15, -0.1) is 5.10 Å². The second-order valence-corrected chi connectivity index (χ2v) is 4.41. The Balaban J connectivity index is 1.78. The van der Waals surface area contributed by atoms with E-state index in [0.29, 0.717) is 17.8 Å². The molecule has 0 aliphatic carbocycles. The lowest BCUT2D eigenvalue weighted by Crippen LogP contribution is -2.17. The van der Waals surface area contributed by atoms with Crippen LogP contribution in [0.1, 0.15) is 17.8 Å². The van der Waals surface area contributed by atoms with Gasteiger partial charge in [0.05, 0.1) is 24.4 Å². The lowest BCUT2D eigenvalue weighted by atomic mass is 10.2. The Bertz CT molecular complexity index is 847. The molecule has 108 valence electrons. The number of fused-ring (bicyclic) bond motifs is 1. The number of aryl methyl sites for hydroxylation is 1. The number of carboxylic acids is 1. The topological polar surface area (TPSA) is 131 Å². The van der Waals surface area contributed by atoms with Crippen molar-refractivity contribution in [1.29, 1.82) is 0 Å². The third-order valence-corrected chi connectivity index (χ3v) is 2.83. The van der Waals surface area contributed by atoms with E-state index in [1.807, 2.05) is 0 Å². The van der Waals surface area contributed by atoms with Crippen LogP contribution in [0.5, 0.6) is 0 Å². The quantitative estimate of drug-likeness (QED) is 0.620. The lowest BCUT2D eigenvalue weighted by Gasteiger charge is -1.99. The van der Waals surface area contributed by atoms with Gasteiger partial charge in [-0.2, -0.15) is 4.52 Å². The van der Waals surface area contributed by atoms with Gasteiger partial charge in [0, 0.05) is 18.7 Å². The number of hydrogen-bond donors (Lipinski definition) is 2. The number of carboxylic acid groups (broad SMARTS) is 1. The molecule has 0 atom stereocenters. The molecule has 0 radical (unpaired) electrons. The third-order valence-electron chi connectivity index (χ3n) is 2.83. The van der Waals surface area contributed by atoms with E-state index in [1.54, 1.807) is 6.20 Å². The van der Waals surface area contributed by atoms with Crippen LogP contribution in [-0.2, 0) is 17.8 Å². The van der Waals surface area contributed by atoms with Crippen LogP contribution in [0, 0.1) is 0 Å². The molecule has 0 bridgehead atoms. The van der Waals surface area contributed by atoms with E-state index in [2.05, 4.69) is 25.4 Å². The zero-order valence-corrected chi connectivity index (χ0v) is 10.8. The first-order chi connectivity index (χ1) is 10.1. The molecule has 3 aromatic rings. The number of hydrogen-bond acceptors (Lipinski definition) is 6. The van der Waals surface area contributed by atoms with E-state index >= 15 is 0 Å². The van der Waals surface area contributed by atoms with Crippen molar-refractivity contribution in [3.63, 3.8) is 0 Å². The smallest absolute Gasteiger partial charge is 0.303 e. The minimum atomic E-state index is -0.886. The lowest BCUT2D eigenvalue weighted by molar-refractivity contribution is -0.136. The summed E-state index contributed by atoms with van der Waals surface area (Å²) in [5.41, 5.74) is 0.815. The summed E-state index contributed by atoms with van der Waals surface area (Å²) in [5.74, 6) is -0.605. The molecule has 3 aromatic heterocycles. The molecule has 3 heterocycles. The van der Waals surface area contributed by atoms with Crippen LogP contribution >= 0.6 is 0 Å². The molecule has 3 rings (SSSR count). The summed E-state index contributed by atoms with van der Waals surface area (Å²) in [5, 5.41) is 19.0. The SMILES string of the molecule is O=C(O)CCc1cn(Cc2cc(=O)n3[nH]cnc3n2)nn1. The van der Waals surface area contributed by atoms with Crippen LogP contribution in [-0.4, -0.2) is 45.7 Å². The number of aromatic nitrogens is 7. The van der Waals surface area contributed by atoms with Crippen LogP contribution in [0.2, 0.25) is 0 Å². The number of H-pyrrole nitrogens is 1. The maximum atomic E-state index is 11.8. The van der Waals surface area contributed by atoms with E-state index in [9.17, 15) is 9.59 Å². The Hall–Kier alpha value is -3.04. The molecule has 0 fully saturated rings. The normalized spacial score (nSPS) is 11.0. The molecule has 21 heavy (non-hydrogen) atoms. The first-order valence-electron chi connectivity index (χ1n) is 6.15. The molecule has 0 saturated carbocycles.